The van der Waals surface area contributed by atoms with Gasteiger partial charge in [0.15, 0.2) is 0 Å². The van der Waals surface area contributed by atoms with E-state index in [9.17, 15) is 9.59 Å². The van der Waals surface area contributed by atoms with Crippen LogP contribution in [0.2, 0.25) is 10.0 Å². The van der Waals surface area contributed by atoms with Gasteiger partial charge in [-0.2, -0.15) is 0 Å². The smallest absolute Gasteiger partial charge is 0.266 e. The van der Waals surface area contributed by atoms with Gasteiger partial charge in [0.25, 0.3) is 5.91 Å². The Kier molecular flexibility index (Phi) is 5.98. The van der Waals surface area contributed by atoms with E-state index < -0.39 is 0 Å². The minimum atomic E-state index is -0.337. The fourth-order valence-corrected chi connectivity index (χ4v) is 3.73. The molecule has 8 heteroatoms. The highest BCUT2D eigenvalue weighted by molar-refractivity contribution is 8.26. The van der Waals surface area contributed by atoms with Gasteiger partial charge >= 0.3 is 0 Å². The SMILES string of the molecule is O=C(CN1C(=O)/C(=C/c2ccc(Cl)cc2)SC1=S)Nc1ccc(Cl)cc1. The molecule has 2 aromatic rings. The maximum atomic E-state index is 12.5. The molecule has 132 valence electrons. The summed E-state index contributed by atoms with van der Waals surface area (Å²) in [5.41, 5.74) is 1.43. The van der Waals surface area contributed by atoms with Gasteiger partial charge in [0, 0.05) is 15.7 Å². The largest absolute Gasteiger partial charge is 0.325 e. The van der Waals surface area contributed by atoms with Crippen LogP contribution in [0.15, 0.2) is 53.4 Å². The Balaban J connectivity index is 1.67. The number of halogens is 2. The van der Waals surface area contributed by atoms with Crippen LogP contribution < -0.4 is 5.32 Å². The standard InChI is InChI=1S/C18H12Cl2N2O2S2/c19-12-3-1-11(2-4-12)9-15-17(24)22(18(25)26-15)10-16(23)21-14-7-5-13(20)6-8-14/h1-9H,10H2,(H,21,23)/b15-9-. The van der Waals surface area contributed by atoms with Crippen LogP contribution in [0.1, 0.15) is 5.56 Å². The Hall–Kier alpha value is -1.86. The van der Waals surface area contributed by atoms with E-state index in [-0.39, 0.29) is 18.4 Å². The lowest BCUT2D eigenvalue weighted by Crippen LogP contribution is -2.36. The van der Waals surface area contributed by atoms with Crippen molar-refractivity contribution in [2.24, 2.45) is 0 Å². The second kappa shape index (κ2) is 8.22. The minimum absolute atomic E-state index is 0.148. The predicted octanol–water partition coefficient (Wildman–Crippen LogP) is 4.83. The van der Waals surface area contributed by atoms with Crippen molar-refractivity contribution in [3.63, 3.8) is 0 Å². The lowest BCUT2D eigenvalue weighted by atomic mass is 10.2. The zero-order valence-electron chi connectivity index (χ0n) is 13.2. The number of amides is 2. The van der Waals surface area contributed by atoms with E-state index in [0.29, 0.717) is 25.0 Å². The van der Waals surface area contributed by atoms with Crippen LogP contribution in [0.5, 0.6) is 0 Å². The summed E-state index contributed by atoms with van der Waals surface area (Å²) in [6.07, 6.45) is 1.73. The molecule has 0 unspecified atom stereocenters. The van der Waals surface area contributed by atoms with Gasteiger partial charge in [0.05, 0.1) is 4.91 Å². The van der Waals surface area contributed by atoms with Crippen LogP contribution in [0, 0.1) is 0 Å². The minimum Gasteiger partial charge on any atom is -0.325 e. The van der Waals surface area contributed by atoms with Crippen molar-refractivity contribution in [2.45, 2.75) is 0 Å². The summed E-state index contributed by atoms with van der Waals surface area (Å²) in [6, 6.07) is 13.8. The Labute approximate surface area is 170 Å². The molecule has 1 aliphatic heterocycles. The van der Waals surface area contributed by atoms with Crippen molar-refractivity contribution >= 4 is 75.1 Å². The van der Waals surface area contributed by atoms with Crippen molar-refractivity contribution in [1.29, 1.82) is 0 Å². The van der Waals surface area contributed by atoms with Crippen molar-refractivity contribution in [3.05, 3.63) is 69.0 Å². The molecule has 3 rings (SSSR count). The zero-order valence-corrected chi connectivity index (χ0v) is 16.4. The number of hydrogen-bond donors (Lipinski definition) is 1. The number of benzene rings is 2. The number of hydrogen-bond acceptors (Lipinski definition) is 4. The van der Waals surface area contributed by atoms with Gasteiger partial charge in [-0.05, 0) is 48.0 Å². The topological polar surface area (TPSA) is 49.4 Å². The van der Waals surface area contributed by atoms with E-state index in [1.165, 1.54) is 16.7 Å². The molecule has 0 saturated carbocycles. The molecule has 2 amide bonds. The molecule has 1 N–H and O–H groups in total. The van der Waals surface area contributed by atoms with Crippen LogP contribution >= 0.6 is 47.2 Å². The van der Waals surface area contributed by atoms with Crippen LogP contribution in [0.3, 0.4) is 0 Å². The second-order valence-corrected chi connectivity index (χ2v) is 7.92. The average Bonchev–Trinajstić information content (AvgIpc) is 2.86. The van der Waals surface area contributed by atoms with Crippen LogP contribution in [-0.2, 0) is 9.59 Å². The maximum absolute atomic E-state index is 12.5. The lowest BCUT2D eigenvalue weighted by Gasteiger charge is -2.14. The molecule has 1 aliphatic rings. The Morgan fingerprint density at radius 2 is 1.65 bits per heavy atom. The molecular weight excluding hydrogens is 411 g/mol. The first-order valence-electron chi connectivity index (χ1n) is 7.49. The van der Waals surface area contributed by atoms with Crippen molar-refractivity contribution in [3.8, 4) is 0 Å². The van der Waals surface area contributed by atoms with Crippen LogP contribution in [0.25, 0.3) is 6.08 Å². The van der Waals surface area contributed by atoms with E-state index in [4.69, 9.17) is 35.4 Å². The van der Waals surface area contributed by atoms with Gasteiger partial charge in [0.1, 0.15) is 10.9 Å². The van der Waals surface area contributed by atoms with Gasteiger partial charge < -0.3 is 5.32 Å². The van der Waals surface area contributed by atoms with Crippen LogP contribution in [-0.4, -0.2) is 27.6 Å². The predicted molar refractivity (Wildman–Crippen MR) is 111 cm³/mol. The molecule has 0 atom stereocenters. The number of carbonyl (C=O) groups excluding carboxylic acids is 2. The number of thiocarbonyl (C=S) groups is 1. The molecular formula is C18H12Cl2N2O2S2. The third-order valence-corrected chi connectivity index (χ3v) is 5.35. The number of rotatable bonds is 4. The van der Waals surface area contributed by atoms with Gasteiger partial charge in [-0.15, -0.1) is 0 Å². The normalized spacial score (nSPS) is 15.6. The first kappa shape index (κ1) is 18.9. The van der Waals surface area contributed by atoms with Crippen molar-refractivity contribution < 1.29 is 9.59 Å². The molecule has 4 nitrogen and oxygen atoms in total. The Bertz CT molecular complexity index is 896. The summed E-state index contributed by atoms with van der Waals surface area (Å²) in [7, 11) is 0. The highest BCUT2D eigenvalue weighted by Crippen LogP contribution is 2.32. The monoisotopic (exact) mass is 422 g/mol. The number of thioether (sulfide) groups is 1. The molecule has 26 heavy (non-hydrogen) atoms. The Morgan fingerprint density at radius 3 is 2.27 bits per heavy atom. The van der Waals surface area contributed by atoms with Crippen LogP contribution in [0.4, 0.5) is 5.69 Å². The molecule has 0 bridgehead atoms. The average molecular weight is 423 g/mol. The molecule has 0 aliphatic carbocycles. The number of anilines is 1. The van der Waals surface area contributed by atoms with E-state index in [1.54, 1.807) is 42.5 Å². The number of nitrogens with zero attached hydrogens (tertiary/aromatic N) is 1. The molecule has 1 fully saturated rings. The molecule has 0 radical (unpaired) electrons. The van der Waals surface area contributed by atoms with Crippen molar-refractivity contribution in [1.82, 2.24) is 4.90 Å². The summed E-state index contributed by atoms with van der Waals surface area (Å²) < 4.78 is 0.349. The fourth-order valence-electron chi connectivity index (χ4n) is 2.22. The lowest BCUT2D eigenvalue weighted by molar-refractivity contribution is -0.126. The van der Waals surface area contributed by atoms with E-state index in [2.05, 4.69) is 5.32 Å². The first-order valence-corrected chi connectivity index (χ1v) is 9.47. The molecule has 0 spiro atoms. The van der Waals surface area contributed by atoms with Gasteiger partial charge in [-0.3, -0.25) is 14.5 Å². The van der Waals surface area contributed by atoms with E-state index in [0.717, 1.165) is 5.56 Å². The second-order valence-electron chi connectivity index (χ2n) is 5.37. The first-order chi connectivity index (χ1) is 12.4. The summed E-state index contributed by atoms with van der Waals surface area (Å²) in [5, 5.41) is 3.91. The van der Waals surface area contributed by atoms with E-state index in [1.807, 2.05) is 12.1 Å². The van der Waals surface area contributed by atoms with E-state index >= 15 is 0 Å². The number of carbonyl (C=O) groups is 2. The zero-order chi connectivity index (χ0) is 18.7. The summed E-state index contributed by atoms with van der Waals surface area (Å²) >= 11 is 18.1. The Morgan fingerprint density at radius 1 is 1.08 bits per heavy atom. The molecule has 1 saturated heterocycles. The van der Waals surface area contributed by atoms with Gasteiger partial charge in [-0.1, -0.05) is 59.3 Å². The number of nitrogens with one attached hydrogen (secondary N) is 1. The van der Waals surface area contributed by atoms with Crippen molar-refractivity contribution in [2.75, 3.05) is 11.9 Å². The third kappa shape index (κ3) is 4.65. The highest BCUT2D eigenvalue weighted by Gasteiger charge is 2.33. The van der Waals surface area contributed by atoms with Gasteiger partial charge in [0.2, 0.25) is 5.91 Å². The summed E-state index contributed by atoms with van der Waals surface area (Å²) in [5.74, 6) is -0.627. The summed E-state index contributed by atoms with van der Waals surface area (Å²) in [4.78, 5) is 26.5. The fraction of sp³-hybridized carbons (Fsp3) is 0.0556. The third-order valence-electron chi connectivity index (χ3n) is 3.47. The maximum Gasteiger partial charge on any atom is 0.266 e. The highest BCUT2D eigenvalue weighted by atomic mass is 35.5. The molecule has 0 aromatic heterocycles. The molecule has 2 aromatic carbocycles. The van der Waals surface area contributed by atoms with Gasteiger partial charge in [-0.25, -0.2) is 0 Å². The molecule has 1 heterocycles. The quantitative estimate of drug-likeness (QED) is 0.565. The summed E-state index contributed by atoms with van der Waals surface area (Å²) in [6.45, 7) is -0.148.